The van der Waals surface area contributed by atoms with Crippen LogP contribution in [0.4, 0.5) is 24.8 Å². The van der Waals surface area contributed by atoms with E-state index in [1.807, 2.05) is 0 Å². The Morgan fingerprint density at radius 1 is 1.09 bits per heavy atom. The van der Waals surface area contributed by atoms with Crippen LogP contribution in [0, 0.1) is 6.92 Å². The monoisotopic (exact) mass is 441 g/mol. The molecule has 0 aliphatic rings. The van der Waals surface area contributed by atoms with Gasteiger partial charge in [0.1, 0.15) is 5.65 Å². The molecular weight excluding hydrogens is 423 g/mol. The van der Waals surface area contributed by atoms with Crippen molar-refractivity contribution in [2.24, 2.45) is 0 Å². The fourth-order valence-electron chi connectivity index (χ4n) is 3.22. The Hall–Kier alpha value is -3.95. The van der Waals surface area contributed by atoms with Crippen LogP contribution in [0.1, 0.15) is 28.5 Å². The lowest BCUT2D eigenvalue weighted by Gasteiger charge is -2.10. The Morgan fingerprint density at radius 2 is 1.84 bits per heavy atom. The van der Waals surface area contributed by atoms with Crippen molar-refractivity contribution in [3.05, 3.63) is 71.7 Å². The summed E-state index contributed by atoms with van der Waals surface area (Å²) in [5.41, 5.74) is 2.03. The van der Waals surface area contributed by atoms with E-state index in [0.717, 1.165) is 12.3 Å². The largest absolute Gasteiger partial charge is 0.462 e. The Bertz CT molecular complexity index is 1280. The fraction of sp³-hybridized carbons (Fsp3) is 0.182. The molecule has 0 aliphatic heterocycles. The third kappa shape index (κ3) is 4.25. The summed E-state index contributed by atoms with van der Waals surface area (Å²) in [5.74, 6) is -0.175. The minimum Gasteiger partial charge on any atom is -0.462 e. The van der Waals surface area contributed by atoms with Crippen LogP contribution < -0.4 is 5.32 Å². The summed E-state index contributed by atoms with van der Waals surface area (Å²) in [4.78, 5) is 24.7. The summed E-state index contributed by atoms with van der Waals surface area (Å²) >= 11 is 0. The van der Waals surface area contributed by atoms with Gasteiger partial charge in [-0.05, 0) is 56.3 Å². The maximum atomic E-state index is 13.2. The average molecular weight is 441 g/mol. The molecule has 0 radical (unpaired) electrons. The lowest BCUT2D eigenvalue weighted by atomic mass is 10.2. The number of esters is 1. The van der Waals surface area contributed by atoms with Crippen molar-refractivity contribution in [1.29, 1.82) is 0 Å². The molecule has 0 aliphatic carbocycles. The Balaban J connectivity index is 1.65. The molecule has 3 aromatic heterocycles. The zero-order valence-electron chi connectivity index (χ0n) is 17.1. The molecule has 1 N–H and O–H groups in total. The first-order valence-electron chi connectivity index (χ1n) is 9.70. The van der Waals surface area contributed by atoms with E-state index < -0.39 is 17.7 Å². The predicted octanol–water partition coefficient (Wildman–Crippen LogP) is 5.04. The number of nitrogens with zero attached hydrogens (tertiary/aromatic N) is 4. The van der Waals surface area contributed by atoms with Crippen molar-refractivity contribution in [3.8, 4) is 11.4 Å². The van der Waals surface area contributed by atoms with Gasteiger partial charge in [0.25, 0.3) is 0 Å². The maximum Gasteiger partial charge on any atom is 0.417 e. The molecule has 0 fully saturated rings. The van der Waals surface area contributed by atoms with E-state index in [1.54, 1.807) is 44.2 Å². The third-order valence-corrected chi connectivity index (χ3v) is 4.67. The standard InChI is InChI=1S/C22H18F3N5O2/c1-3-32-20(31)14-4-7-16(8-5-14)28-21-26-11-10-17(29-21)19-13(2)27-18-9-6-15(12-30(18)19)22(23,24)25/h4-12H,3H2,1-2H3,(H,26,28,29). The number of imidazole rings is 1. The van der Waals surface area contributed by atoms with Gasteiger partial charge in [-0.2, -0.15) is 13.2 Å². The van der Waals surface area contributed by atoms with Crippen LogP contribution in [0.15, 0.2) is 54.9 Å². The SMILES string of the molecule is CCOC(=O)c1ccc(Nc2nccc(-c3c(C)nc4ccc(C(F)(F)F)cn34)n2)cc1. The van der Waals surface area contributed by atoms with Gasteiger partial charge in [0.2, 0.25) is 5.95 Å². The number of hydrogen-bond acceptors (Lipinski definition) is 6. The summed E-state index contributed by atoms with van der Waals surface area (Å²) in [5, 5.41) is 3.02. The second kappa shape index (κ2) is 8.29. The van der Waals surface area contributed by atoms with Crippen molar-refractivity contribution in [1.82, 2.24) is 19.4 Å². The quantitative estimate of drug-likeness (QED) is 0.437. The second-order valence-corrected chi connectivity index (χ2v) is 6.88. The molecule has 3 heterocycles. The van der Waals surface area contributed by atoms with E-state index in [2.05, 4.69) is 20.3 Å². The first-order valence-corrected chi connectivity index (χ1v) is 9.70. The topological polar surface area (TPSA) is 81.4 Å². The number of hydrogen-bond donors (Lipinski definition) is 1. The summed E-state index contributed by atoms with van der Waals surface area (Å²) in [7, 11) is 0. The number of ether oxygens (including phenoxy) is 1. The van der Waals surface area contributed by atoms with Gasteiger partial charge in [-0.1, -0.05) is 0 Å². The van der Waals surface area contributed by atoms with Crippen molar-refractivity contribution in [2.45, 2.75) is 20.0 Å². The zero-order chi connectivity index (χ0) is 22.9. The molecule has 0 amide bonds. The molecule has 10 heteroatoms. The molecule has 0 saturated carbocycles. The smallest absolute Gasteiger partial charge is 0.417 e. The number of anilines is 2. The minimum absolute atomic E-state index is 0.243. The van der Waals surface area contributed by atoms with Crippen molar-refractivity contribution in [2.75, 3.05) is 11.9 Å². The third-order valence-electron chi connectivity index (χ3n) is 4.67. The molecule has 164 valence electrons. The number of aryl methyl sites for hydroxylation is 1. The maximum absolute atomic E-state index is 13.2. The number of carbonyl (C=O) groups is 1. The van der Waals surface area contributed by atoms with Crippen molar-refractivity contribution >= 4 is 23.3 Å². The minimum atomic E-state index is -4.47. The molecule has 0 saturated heterocycles. The number of pyridine rings is 1. The van der Waals surface area contributed by atoms with Crippen LogP contribution in [-0.2, 0) is 10.9 Å². The number of benzene rings is 1. The van der Waals surface area contributed by atoms with Crippen LogP contribution in [0.2, 0.25) is 0 Å². The first-order chi connectivity index (χ1) is 15.3. The summed E-state index contributed by atoms with van der Waals surface area (Å²) in [6.45, 7) is 3.72. The fourth-order valence-corrected chi connectivity index (χ4v) is 3.22. The lowest BCUT2D eigenvalue weighted by molar-refractivity contribution is -0.137. The Labute approximate surface area is 180 Å². The highest BCUT2D eigenvalue weighted by Gasteiger charge is 2.31. The Morgan fingerprint density at radius 3 is 2.53 bits per heavy atom. The number of rotatable bonds is 5. The van der Waals surface area contributed by atoms with Crippen LogP contribution in [0.5, 0.6) is 0 Å². The second-order valence-electron chi connectivity index (χ2n) is 6.88. The van der Waals surface area contributed by atoms with Gasteiger partial charge in [-0.25, -0.2) is 19.7 Å². The molecule has 7 nitrogen and oxygen atoms in total. The zero-order valence-corrected chi connectivity index (χ0v) is 17.1. The van der Waals surface area contributed by atoms with E-state index in [4.69, 9.17) is 4.74 Å². The van der Waals surface area contributed by atoms with Gasteiger partial charge in [0.05, 0.1) is 34.8 Å². The molecule has 32 heavy (non-hydrogen) atoms. The van der Waals surface area contributed by atoms with Crippen molar-refractivity contribution < 1.29 is 22.7 Å². The predicted molar refractivity (Wildman–Crippen MR) is 112 cm³/mol. The number of aromatic nitrogens is 4. The molecule has 0 bridgehead atoms. The van der Waals surface area contributed by atoms with Crippen LogP contribution in [0.3, 0.4) is 0 Å². The van der Waals surface area contributed by atoms with E-state index in [-0.39, 0.29) is 12.6 Å². The molecular formula is C22H18F3N5O2. The van der Waals surface area contributed by atoms with Crippen LogP contribution in [-0.4, -0.2) is 31.9 Å². The van der Waals surface area contributed by atoms with Gasteiger partial charge < -0.3 is 10.1 Å². The molecule has 0 atom stereocenters. The Kier molecular flexibility index (Phi) is 5.52. The number of halogens is 3. The molecule has 4 aromatic rings. The van der Waals surface area contributed by atoms with E-state index >= 15 is 0 Å². The van der Waals surface area contributed by atoms with Gasteiger partial charge in [-0.15, -0.1) is 0 Å². The van der Waals surface area contributed by atoms with Gasteiger partial charge in [0, 0.05) is 18.1 Å². The highest BCUT2D eigenvalue weighted by molar-refractivity contribution is 5.89. The number of alkyl halides is 3. The van der Waals surface area contributed by atoms with E-state index in [1.165, 1.54) is 16.7 Å². The number of carbonyl (C=O) groups excluding carboxylic acids is 1. The van der Waals surface area contributed by atoms with Gasteiger partial charge >= 0.3 is 12.1 Å². The molecule has 1 aromatic carbocycles. The highest BCUT2D eigenvalue weighted by atomic mass is 19.4. The highest BCUT2D eigenvalue weighted by Crippen LogP contribution is 2.31. The summed E-state index contributed by atoms with van der Waals surface area (Å²) in [6, 6.07) is 10.5. The van der Waals surface area contributed by atoms with Crippen LogP contribution in [0.25, 0.3) is 17.0 Å². The normalized spacial score (nSPS) is 11.5. The number of fused-ring (bicyclic) bond motifs is 1. The molecule has 4 rings (SSSR count). The molecule has 0 spiro atoms. The summed E-state index contributed by atoms with van der Waals surface area (Å²) in [6.07, 6.45) is -1.96. The van der Waals surface area contributed by atoms with Gasteiger partial charge in [0.15, 0.2) is 0 Å². The van der Waals surface area contributed by atoms with E-state index in [0.29, 0.717) is 34.0 Å². The molecule has 0 unspecified atom stereocenters. The van der Waals surface area contributed by atoms with Crippen LogP contribution >= 0.6 is 0 Å². The van der Waals surface area contributed by atoms with Crippen molar-refractivity contribution in [3.63, 3.8) is 0 Å². The lowest BCUT2D eigenvalue weighted by Crippen LogP contribution is -2.07. The van der Waals surface area contributed by atoms with E-state index in [9.17, 15) is 18.0 Å². The first kappa shape index (κ1) is 21.3. The summed E-state index contributed by atoms with van der Waals surface area (Å²) < 4.78 is 45.9. The van der Waals surface area contributed by atoms with Gasteiger partial charge in [-0.3, -0.25) is 4.40 Å². The average Bonchev–Trinajstić information content (AvgIpc) is 3.09. The number of nitrogens with one attached hydrogen (secondary N) is 1.